The molecule has 10 heteroatoms. The monoisotopic (exact) mass is 496 g/mol. The average molecular weight is 497 g/mol. The van der Waals surface area contributed by atoms with Crippen molar-refractivity contribution in [2.75, 3.05) is 6.54 Å². The van der Waals surface area contributed by atoms with Gasteiger partial charge in [-0.3, -0.25) is 0 Å². The summed E-state index contributed by atoms with van der Waals surface area (Å²) in [6, 6.07) is 7.21. The molecule has 5 nitrogen and oxygen atoms in total. The van der Waals surface area contributed by atoms with Crippen LogP contribution in [0.2, 0.25) is 0 Å². The Morgan fingerprint density at radius 1 is 1.17 bits per heavy atom. The third kappa shape index (κ3) is 6.49. The van der Waals surface area contributed by atoms with Crippen molar-refractivity contribution in [1.29, 1.82) is 0 Å². The Labute approximate surface area is 201 Å². The standard InChI is InChI=1S/C25H29F5N4O/c1-4-20(9-10-25(28,29)30)32-24(35)34(5-2)16(3)17-7-6-8-18(13-17)19-14-21(22(26)27)23-31-11-12-33(23)15-19/h6-8,11-16,20,22H,4-5,9-10H2,1-3H3,(H,32,35)/t16-,20-/m1/s1. The molecule has 1 N–H and O–H groups in total. The van der Waals surface area contributed by atoms with Gasteiger partial charge in [-0.25, -0.2) is 18.6 Å². The van der Waals surface area contributed by atoms with Crippen molar-refractivity contribution in [3.63, 3.8) is 0 Å². The van der Waals surface area contributed by atoms with Crippen molar-refractivity contribution in [2.24, 2.45) is 0 Å². The third-order valence-electron chi connectivity index (χ3n) is 6.12. The van der Waals surface area contributed by atoms with Gasteiger partial charge >= 0.3 is 12.2 Å². The zero-order chi connectivity index (χ0) is 25.8. The van der Waals surface area contributed by atoms with E-state index < -0.39 is 37.1 Å². The van der Waals surface area contributed by atoms with Gasteiger partial charge in [-0.1, -0.05) is 25.1 Å². The van der Waals surface area contributed by atoms with E-state index in [4.69, 9.17) is 0 Å². The van der Waals surface area contributed by atoms with E-state index in [1.165, 1.54) is 12.3 Å². The summed E-state index contributed by atoms with van der Waals surface area (Å²) in [5.74, 6) is 0. The number of alkyl halides is 5. The lowest BCUT2D eigenvalue weighted by atomic mass is 9.99. The Balaban J connectivity index is 1.82. The summed E-state index contributed by atoms with van der Waals surface area (Å²) < 4.78 is 66.6. The van der Waals surface area contributed by atoms with E-state index in [0.717, 1.165) is 5.56 Å². The van der Waals surface area contributed by atoms with Crippen molar-refractivity contribution in [2.45, 2.75) is 64.7 Å². The topological polar surface area (TPSA) is 49.6 Å². The molecule has 2 aromatic heterocycles. The molecule has 0 aliphatic heterocycles. The summed E-state index contributed by atoms with van der Waals surface area (Å²) in [6.45, 7) is 5.68. The molecule has 35 heavy (non-hydrogen) atoms. The maximum absolute atomic E-state index is 13.6. The summed E-state index contributed by atoms with van der Waals surface area (Å²) in [5.41, 5.74) is 2.06. The van der Waals surface area contributed by atoms with Crippen molar-refractivity contribution < 1.29 is 26.7 Å². The van der Waals surface area contributed by atoms with Gasteiger partial charge in [-0.2, -0.15) is 13.2 Å². The number of aromatic nitrogens is 2. The van der Waals surface area contributed by atoms with E-state index in [-0.39, 0.29) is 17.6 Å². The number of nitrogens with one attached hydrogen (secondary N) is 1. The number of pyridine rings is 1. The molecule has 0 unspecified atom stereocenters. The van der Waals surface area contributed by atoms with Crippen molar-refractivity contribution in [3.05, 3.63) is 60.0 Å². The number of hydrogen-bond acceptors (Lipinski definition) is 2. The van der Waals surface area contributed by atoms with Gasteiger partial charge in [-0.15, -0.1) is 0 Å². The fraction of sp³-hybridized carbons (Fsp3) is 0.440. The van der Waals surface area contributed by atoms with E-state index in [1.807, 2.05) is 19.1 Å². The smallest absolute Gasteiger partial charge is 0.335 e. The van der Waals surface area contributed by atoms with Gasteiger partial charge in [0.1, 0.15) is 5.65 Å². The lowest BCUT2D eigenvalue weighted by Crippen LogP contribution is -2.45. The third-order valence-corrected chi connectivity index (χ3v) is 6.12. The molecule has 3 rings (SSSR count). The molecular weight excluding hydrogens is 467 g/mol. The Morgan fingerprint density at radius 3 is 2.54 bits per heavy atom. The number of fused-ring (bicyclic) bond motifs is 1. The summed E-state index contributed by atoms with van der Waals surface area (Å²) in [4.78, 5) is 18.5. The normalized spacial score (nSPS) is 13.7. The van der Waals surface area contributed by atoms with Crippen molar-refractivity contribution in [1.82, 2.24) is 19.6 Å². The van der Waals surface area contributed by atoms with E-state index in [1.54, 1.807) is 47.7 Å². The molecule has 0 saturated carbocycles. The highest BCUT2D eigenvalue weighted by atomic mass is 19.4. The van der Waals surface area contributed by atoms with Gasteiger partial charge in [0.25, 0.3) is 6.43 Å². The molecule has 0 fully saturated rings. The van der Waals surface area contributed by atoms with Crippen molar-refractivity contribution in [3.8, 4) is 11.1 Å². The molecule has 0 radical (unpaired) electrons. The molecular formula is C25H29F5N4O. The summed E-state index contributed by atoms with van der Waals surface area (Å²) in [7, 11) is 0. The summed E-state index contributed by atoms with van der Waals surface area (Å²) in [6.07, 6.45) is -2.96. The number of hydrogen-bond donors (Lipinski definition) is 1. The lowest BCUT2D eigenvalue weighted by molar-refractivity contribution is -0.136. The fourth-order valence-corrected chi connectivity index (χ4v) is 4.10. The quantitative estimate of drug-likeness (QED) is 0.320. The molecule has 0 bridgehead atoms. The number of carbonyl (C=O) groups is 1. The van der Waals surface area contributed by atoms with Crippen LogP contribution >= 0.6 is 0 Å². The maximum atomic E-state index is 13.6. The van der Waals surface area contributed by atoms with Gasteiger partial charge in [0.2, 0.25) is 0 Å². The molecule has 0 aliphatic rings. The Hall–Kier alpha value is -3.17. The number of amides is 2. The largest absolute Gasteiger partial charge is 0.389 e. The average Bonchev–Trinajstić information content (AvgIpc) is 3.29. The van der Waals surface area contributed by atoms with E-state index >= 15 is 0 Å². The number of urea groups is 1. The highest BCUT2D eigenvalue weighted by molar-refractivity contribution is 5.75. The number of imidazole rings is 1. The summed E-state index contributed by atoms with van der Waals surface area (Å²) in [5, 5.41) is 2.72. The zero-order valence-electron chi connectivity index (χ0n) is 19.8. The first kappa shape index (κ1) is 26.4. The van der Waals surface area contributed by atoms with Crippen LogP contribution in [0, 0.1) is 0 Å². The van der Waals surface area contributed by atoms with Crippen LogP contribution in [0.4, 0.5) is 26.7 Å². The Morgan fingerprint density at radius 2 is 1.91 bits per heavy atom. The van der Waals surface area contributed by atoms with Crippen LogP contribution in [-0.2, 0) is 0 Å². The fourth-order valence-electron chi connectivity index (χ4n) is 4.10. The minimum Gasteiger partial charge on any atom is -0.335 e. The predicted molar refractivity (Wildman–Crippen MR) is 124 cm³/mol. The maximum Gasteiger partial charge on any atom is 0.389 e. The first-order valence-electron chi connectivity index (χ1n) is 11.5. The summed E-state index contributed by atoms with van der Waals surface area (Å²) >= 11 is 0. The van der Waals surface area contributed by atoms with Gasteiger partial charge in [0.05, 0.1) is 11.6 Å². The molecule has 0 saturated heterocycles. The zero-order valence-corrected chi connectivity index (χ0v) is 19.8. The molecule has 190 valence electrons. The van der Waals surface area contributed by atoms with Gasteiger partial charge in [0, 0.05) is 37.6 Å². The molecule has 2 heterocycles. The number of benzene rings is 1. The molecule has 0 spiro atoms. The SMILES string of the molecule is CC[C@H](CCC(F)(F)F)NC(=O)N(CC)[C@H](C)c1cccc(-c2cc(C(F)F)c3nccn3c2)c1. The molecule has 1 aromatic carbocycles. The number of rotatable bonds is 9. The minimum atomic E-state index is -4.28. The van der Waals surface area contributed by atoms with Crippen LogP contribution in [0.5, 0.6) is 0 Å². The number of carbonyl (C=O) groups excluding carboxylic acids is 1. The highest BCUT2D eigenvalue weighted by Crippen LogP contribution is 2.31. The van der Waals surface area contributed by atoms with Gasteiger partial charge in [0.15, 0.2) is 0 Å². The lowest BCUT2D eigenvalue weighted by Gasteiger charge is -2.31. The Bertz CT molecular complexity index is 1140. The Kier molecular flexibility index (Phi) is 8.34. The van der Waals surface area contributed by atoms with E-state index in [2.05, 4.69) is 10.3 Å². The van der Waals surface area contributed by atoms with Crippen LogP contribution in [0.15, 0.2) is 48.9 Å². The molecule has 0 aliphatic carbocycles. The second-order valence-corrected chi connectivity index (χ2v) is 8.44. The molecule has 2 atom stereocenters. The molecule has 2 amide bonds. The number of halogens is 5. The van der Waals surface area contributed by atoms with Crippen LogP contribution in [-0.4, -0.2) is 39.1 Å². The van der Waals surface area contributed by atoms with Crippen LogP contribution in [0.1, 0.15) is 63.6 Å². The van der Waals surface area contributed by atoms with Gasteiger partial charge in [-0.05, 0) is 55.5 Å². The first-order valence-corrected chi connectivity index (χ1v) is 11.5. The van der Waals surface area contributed by atoms with E-state index in [0.29, 0.717) is 24.1 Å². The predicted octanol–water partition coefficient (Wildman–Crippen LogP) is 7.15. The minimum absolute atomic E-state index is 0.176. The van der Waals surface area contributed by atoms with Crippen LogP contribution < -0.4 is 5.32 Å². The molecule has 3 aromatic rings. The van der Waals surface area contributed by atoms with Crippen LogP contribution in [0.3, 0.4) is 0 Å². The number of nitrogens with zero attached hydrogens (tertiary/aromatic N) is 3. The van der Waals surface area contributed by atoms with E-state index in [9.17, 15) is 26.7 Å². The second kappa shape index (κ2) is 11.0. The second-order valence-electron chi connectivity index (χ2n) is 8.44. The van der Waals surface area contributed by atoms with Crippen LogP contribution in [0.25, 0.3) is 16.8 Å². The highest BCUT2D eigenvalue weighted by Gasteiger charge is 2.29. The first-order chi connectivity index (χ1) is 16.5. The van der Waals surface area contributed by atoms with Gasteiger partial charge < -0.3 is 14.6 Å². The van der Waals surface area contributed by atoms with Crippen molar-refractivity contribution >= 4 is 11.7 Å².